The molecule has 0 atom stereocenters. The molecule has 0 N–H and O–H groups in total. The van der Waals surface area contributed by atoms with E-state index in [1.54, 1.807) is 14.2 Å². The fourth-order valence-electron chi connectivity index (χ4n) is 2.95. The van der Waals surface area contributed by atoms with E-state index in [4.69, 9.17) is 9.47 Å². The van der Waals surface area contributed by atoms with Crippen LogP contribution in [-0.2, 0) is 17.6 Å². The molecule has 1 amide bonds. The Labute approximate surface area is 162 Å². The number of hydrogen-bond donors (Lipinski definition) is 0. The topological polar surface area (TPSA) is 47.9 Å². The van der Waals surface area contributed by atoms with E-state index < -0.39 is 0 Å². The average molecular weight is 367 g/mol. The third-order valence-corrected chi connectivity index (χ3v) is 4.48. The summed E-state index contributed by atoms with van der Waals surface area (Å²) < 4.78 is 10.6. The van der Waals surface area contributed by atoms with Gasteiger partial charge in [-0.2, -0.15) is 0 Å². The van der Waals surface area contributed by atoms with Crippen molar-refractivity contribution in [1.29, 1.82) is 0 Å². The number of carbonyl (C=O) groups is 1. The summed E-state index contributed by atoms with van der Waals surface area (Å²) in [5, 5.41) is 0. The van der Waals surface area contributed by atoms with Gasteiger partial charge in [-0.3, -0.25) is 4.79 Å². The zero-order valence-electron chi connectivity index (χ0n) is 16.7. The van der Waals surface area contributed by atoms with Crippen LogP contribution >= 0.6 is 0 Å². The molecule has 0 radical (unpaired) electrons. The Bertz CT molecular complexity index is 766. The third-order valence-electron chi connectivity index (χ3n) is 4.48. The molecule has 4 heteroatoms. The van der Waals surface area contributed by atoms with Crippen LogP contribution < -0.4 is 9.47 Å². The summed E-state index contributed by atoms with van der Waals surface area (Å²) in [6, 6.07) is 15.7. The van der Waals surface area contributed by atoms with Crippen molar-refractivity contribution >= 4 is 11.6 Å². The van der Waals surface area contributed by atoms with E-state index in [0.29, 0.717) is 6.42 Å². The van der Waals surface area contributed by atoms with Gasteiger partial charge in [0.25, 0.3) is 0 Å². The number of aliphatic imine (C=N–C) groups is 1. The van der Waals surface area contributed by atoms with Gasteiger partial charge in [0.05, 0.1) is 20.6 Å². The molecule has 0 saturated carbocycles. The first kappa shape index (κ1) is 20.7. The maximum atomic E-state index is 12.3. The Hall–Kier alpha value is -2.62. The van der Waals surface area contributed by atoms with Crippen molar-refractivity contribution in [3.63, 3.8) is 0 Å². The minimum atomic E-state index is -0.0731. The van der Waals surface area contributed by atoms with Crippen LogP contribution in [0.4, 0.5) is 0 Å². The maximum absolute atomic E-state index is 12.3. The summed E-state index contributed by atoms with van der Waals surface area (Å²) >= 11 is 0. The molecule has 0 aromatic heterocycles. The van der Waals surface area contributed by atoms with Crippen LogP contribution in [0.2, 0.25) is 0 Å². The van der Waals surface area contributed by atoms with Gasteiger partial charge in [0.1, 0.15) is 0 Å². The highest BCUT2D eigenvalue weighted by Crippen LogP contribution is 2.28. The molecule has 144 valence electrons. The molecule has 0 heterocycles. The standard InChI is InChI=1S/C23H29NO3/c1-17(2)20(24-23(25)16-18-9-6-5-7-10-18)12-8-11-19-13-14-21(26-3)22(15-19)27-4/h5-7,9-10,13-15,17H,8,11-12,16H2,1-4H3. The van der Waals surface area contributed by atoms with E-state index in [0.717, 1.165) is 42.0 Å². The van der Waals surface area contributed by atoms with Crippen LogP contribution in [0, 0.1) is 5.92 Å². The van der Waals surface area contributed by atoms with E-state index in [1.165, 1.54) is 5.56 Å². The Morgan fingerprint density at radius 3 is 2.30 bits per heavy atom. The molecule has 2 rings (SSSR count). The number of aryl methyl sites for hydroxylation is 1. The van der Waals surface area contributed by atoms with E-state index in [9.17, 15) is 4.79 Å². The van der Waals surface area contributed by atoms with Crippen LogP contribution in [-0.4, -0.2) is 25.8 Å². The summed E-state index contributed by atoms with van der Waals surface area (Å²) in [7, 11) is 3.28. The van der Waals surface area contributed by atoms with Crippen molar-refractivity contribution in [2.45, 2.75) is 39.5 Å². The number of amides is 1. The molecule has 0 fully saturated rings. The average Bonchev–Trinajstić information content (AvgIpc) is 2.67. The largest absolute Gasteiger partial charge is 0.493 e. The van der Waals surface area contributed by atoms with Gasteiger partial charge in [-0.15, -0.1) is 0 Å². The molecule has 0 spiro atoms. The molecule has 0 aliphatic rings. The quantitative estimate of drug-likeness (QED) is 0.593. The normalized spacial score (nSPS) is 11.5. The first-order valence-corrected chi connectivity index (χ1v) is 9.38. The highest BCUT2D eigenvalue weighted by Gasteiger charge is 2.10. The molecule has 0 saturated heterocycles. The summed E-state index contributed by atoms with van der Waals surface area (Å²) in [6.45, 7) is 4.18. The fraction of sp³-hybridized carbons (Fsp3) is 0.391. The predicted molar refractivity (Wildman–Crippen MR) is 110 cm³/mol. The third kappa shape index (κ3) is 6.55. The van der Waals surface area contributed by atoms with E-state index >= 15 is 0 Å². The number of rotatable bonds is 9. The number of carbonyl (C=O) groups excluding carboxylic acids is 1. The summed E-state index contributed by atoms with van der Waals surface area (Å²) in [5.74, 6) is 1.66. The van der Waals surface area contributed by atoms with Crippen LogP contribution in [0.1, 0.15) is 37.8 Å². The molecule has 2 aromatic rings. The molecule has 27 heavy (non-hydrogen) atoms. The molecule has 0 bridgehead atoms. The number of benzene rings is 2. The van der Waals surface area contributed by atoms with Gasteiger partial charge in [-0.1, -0.05) is 50.2 Å². The minimum absolute atomic E-state index is 0.0731. The van der Waals surface area contributed by atoms with Crippen LogP contribution in [0.25, 0.3) is 0 Å². The highest BCUT2D eigenvalue weighted by atomic mass is 16.5. The van der Waals surface area contributed by atoms with Gasteiger partial charge >= 0.3 is 0 Å². The summed E-state index contributed by atoms with van der Waals surface area (Å²) in [5.41, 5.74) is 3.16. The SMILES string of the molecule is COc1ccc(CCCC(=NC(=O)Cc2ccccc2)C(C)C)cc1OC. The smallest absolute Gasteiger partial charge is 0.250 e. The predicted octanol–water partition coefficient (Wildman–Crippen LogP) is 4.89. The van der Waals surface area contributed by atoms with Gasteiger partial charge in [-0.25, -0.2) is 4.99 Å². The van der Waals surface area contributed by atoms with Gasteiger partial charge in [-0.05, 0) is 48.4 Å². The fourth-order valence-corrected chi connectivity index (χ4v) is 2.95. The lowest BCUT2D eigenvalue weighted by molar-refractivity contribution is -0.117. The Morgan fingerprint density at radius 2 is 1.67 bits per heavy atom. The molecular formula is C23H29NO3. The molecular weight excluding hydrogens is 338 g/mol. The van der Waals surface area contributed by atoms with Crippen molar-refractivity contribution in [1.82, 2.24) is 0 Å². The van der Waals surface area contributed by atoms with Gasteiger partial charge < -0.3 is 9.47 Å². The first-order valence-electron chi connectivity index (χ1n) is 9.38. The number of ether oxygens (including phenoxy) is 2. The van der Waals surface area contributed by atoms with Gasteiger partial charge in [0.2, 0.25) is 5.91 Å². The summed E-state index contributed by atoms with van der Waals surface area (Å²) in [4.78, 5) is 16.7. The van der Waals surface area contributed by atoms with Crippen molar-refractivity contribution in [3.05, 3.63) is 59.7 Å². The molecule has 0 aliphatic heterocycles. The molecule has 4 nitrogen and oxygen atoms in total. The van der Waals surface area contributed by atoms with Crippen LogP contribution in [0.15, 0.2) is 53.5 Å². The lowest BCUT2D eigenvalue weighted by atomic mass is 9.99. The molecule has 2 aromatic carbocycles. The number of nitrogens with zero attached hydrogens (tertiary/aromatic N) is 1. The highest BCUT2D eigenvalue weighted by molar-refractivity contribution is 5.97. The van der Waals surface area contributed by atoms with Crippen molar-refractivity contribution in [2.75, 3.05) is 14.2 Å². The maximum Gasteiger partial charge on any atom is 0.250 e. The second-order valence-electron chi connectivity index (χ2n) is 6.86. The lowest BCUT2D eigenvalue weighted by Gasteiger charge is -2.12. The second-order valence-corrected chi connectivity index (χ2v) is 6.86. The number of methoxy groups -OCH3 is 2. The zero-order valence-corrected chi connectivity index (χ0v) is 16.7. The van der Waals surface area contributed by atoms with E-state index in [2.05, 4.69) is 18.8 Å². The van der Waals surface area contributed by atoms with Crippen molar-refractivity contribution in [2.24, 2.45) is 10.9 Å². The first-order chi connectivity index (χ1) is 13.0. The Kier molecular flexibility index (Phi) is 8.05. The zero-order chi connectivity index (χ0) is 19.6. The molecule has 0 aliphatic carbocycles. The Balaban J connectivity index is 1.95. The molecule has 0 unspecified atom stereocenters. The Morgan fingerprint density at radius 1 is 0.963 bits per heavy atom. The second kappa shape index (κ2) is 10.5. The van der Waals surface area contributed by atoms with Gasteiger partial charge in [0, 0.05) is 5.71 Å². The lowest BCUT2D eigenvalue weighted by Crippen LogP contribution is -2.12. The summed E-state index contributed by atoms with van der Waals surface area (Å²) in [6.07, 6.45) is 3.00. The monoisotopic (exact) mass is 367 g/mol. The van der Waals surface area contributed by atoms with Crippen LogP contribution in [0.5, 0.6) is 11.5 Å². The van der Waals surface area contributed by atoms with E-state index in [-0.39, 0.29) is 11.8 Å². The van der Waals surface area contributed by atoms with Crippen LogP contribution in [0.3, 0.4) is 0 Å². The number of hydrogen-bond acceptors (Lipinski definition) is 3. The van der Waals surface area contributed by atoms with Crippen molar-refractivity contribution in [3.8, 4) is 11.5 Å². The van der Waals surface area contributed by atoms with E-state index in [1.807, 2.05) is 48.5 Å². The minimum Gasteiger partial charge on any atom is -0.493 e. The van der Waals surface area contributed by atoms with Gasteiger partial charge in [0.15, 0.2) is 11.5 Å². The van der Waals surface area contributed by atoms with Crippen molar-refractivity contribution < 1.29 is 14.3 Å².